The molecule has 0 spiro atoms. The van der Waals surface area contributed by atoms with Crippen LogP contribution in [0.5, 0.6) is 0 Å². The largest absolute Gasteiger partial charge is 0.378 e. The monoisotopic (exact) mass is 601 g/mol. The van der Waals surface area contributed by atoms with Crippen molar-refractivity contribution >= 4 is 41.1 Å². The van der Waals surface area contributed by atoms with E-state index in [0.29, 0.717) is 100 Å². The number of likely N-dealkylation sites (tertiary alicyclic amines) is 1. The highest BCUT2D eigenvalue weighted by Crippen LogP contribution is 2.25. The Bertz CT molecular complexity index is 1450. The molecule has 4 heterocycles. The lowest BCUT2D eigenvalue weighted by Gasteiger charge is -2.30. The third-order valence-electron chi connectivity index (χ3n) is 7.83. The highest BCUT2D eigenvalue weighted by Gasteiger charge is 2.33. The van der Waals surface area contributed by atoms with Gasteiger partial charge >= 0.3 is 6.03 Å². The Labute approximate surface area is 254 Å². The van der Waals surface area contributed by atoms with E-state index in [4.69, 9.17) is 30.2 Å². The lowest BCUT2D eigenvalue weighted by Crippen LogP contribution is -2.43. The second kappa shape index (κ2) is 13.2. The Morgan fingerprint density at radius 3 is 1.77 bits per heavy atom. The predicted octanol–water partition coefficient (Wildman–Crippen LogP) is 1.95. The van der Waals surface area contributed by atoms with Crippen LogP contribution < -0.4 is 26.2 Å². The van der Waals surface area contributed by atoms with Crippen molar-refractivity contribution in [3.05, 3.63) is 54.1 Å². The van der Waals surface area contributed by atoms with Crippen molar-refractivity contribution in [2.24, 2.45) is 5.73 Å². The van der Waals surface area contributed by atoms with Gasteiger partial charge in [-0.1, -0.05) is 0 Å². The summed E-state index contributed by atoms with van der Waals surface area (Å²) in [6, 6.07) is 12.8. The van der Waals surface area contributed by atoms with Crippen LogP contribution in [0.4, 0.5) is 28.1 Å². The fraction of sp³-hybridized carbons (Fsp3) is 0.400. The predicted molar refractivity (Wildman–Crippen MR) is 164 cm³/mol. The maximum absolute atomic E-state index is 12.9. The number of anilines is 4. The molecule has 0 unspecified atom stereocenters. The van der Waals surface area contributed by atoms with Crippen LogP contribution >= 0.6 is 0 Å². The molecule has 0 aliphatic carbocycles. The number of urea groups is 1. The van der Waals surface area contributed by atoms with Gasteiger partial charge < -0.3 is 40.5 Å². The summed E-state index contributed by atoms with van der Waals surface area (Å²) in [4.78, 5) is 57.2. The number of nitrogens with zero attached hydrogens (tertiary/aromatic N) is 6. The summed E-state index contributed by atoms with van der Waals surface area (Å²) in [5.74, 6) is 1.02. The summed E-state index contributed by atoms with van der Waals surface area (Å²) in [5, 5.41) is 5.60. The number of nitrogens with two attached hydrogens (primary N) is 1. The molecular weight excluding hydrogens is 566 g/mol. The molecule has 3 aromatic rings. The van der Waals surface area contributed by atoms with Crippen LogP contribution in [0.3, 0.4) is 0 Å². The van der Waals surface area contributed by atoms with E-state index in [-0.39, 0.29) is 5.91 Å². The van der Waals surface area contributed by atoms with Gasteiger partial charge in [-0.2, -0.15) is 15.0 Å². The van der Waals surface area contributed by atoms with Crippen LogP contribution in [0.1, 0.15) is 23.2 Å². The number of ether oxygens (including phenoxy) is 2. The number of carbonyl (C=O) groups is 3. The van der Waals surface area contributed by atoms with Crippen LogP contribution in [-0.2, 0) is 14.3 Å². The Kier molecular flexibility index (Phi) is 8.79. The van der Waals surface area contributed by atoms with Gasteiger partial charge in [0.25, 0.3) is 5.91 Å². The first-order valence-electron chi connectivity index (χ1n) is 14.7. The topological polar surface area (TPSA) is 168 Å². The fourth-order valence-corrected chi connectivity index (χ4v) is 5.46. The molecule has 44 heavy (non-hydrogen) atoms. The molecule has 0 bridgehead atoms. The summed E-state index contributed by atoms with van der Waals surface area (Å²) in [6.45, 7) is 5.79. The van der Waals surface area contributed by atoms with Gasteiger partial charge in [-0.05, 0) is 61.4 Å². The molecular formula is C30H35N9O5. The van der Waals surface area contributed by atoms with Crippen LogP contribution in [-0.4, -0.2) is 103 Å². The van der Waals surface area contributed by atoms with Crippen molar-refractivity contribution in [2.75, 3.05) is 79.6 Å². The van der Waals surface area contributed by atoms with E-state index in [1.165, 1.54) is 4.90 Å². The van der Waals surface area contributed by atoms with Gasteiger partial charge in [0.05, 0.1) is 26.4 Å². The number of rotatable bonds is 7. The molecule has 3 aliphatic heterocycles. The minimum Gasteiger partial charge on any atom is -0.378 e. The van der Waals surface area contributed by atoms with Gasteiger partial charge in [-0.3, -0.25) is 9.59 Å². The van der Waals surface area contributed by atoms with Crippen molar-refractivity contribution in [1.82, 2.24) is 19.9 Å². The van der Waals surface area contributed by atoms with Gasteiger partial charge in [-0.15, -0.1) is 0 Å². The standard InChI is InChI=1S/C30H35N9O5/c31-25(40)24-2-1-11-39(24)27(41)21-5-9-23(10-6-21)33-30(42)32-22-7-3-20(4-8-22)26-34-28(37-12-16-43-17-13-37)36-29(35-26)38-14-18-44-19-15-38/h3-10,24H,1-2,11-19H2,(H2,31,40)(H2,32,33,42)/t24-/m0/s1. The van der Waals surface area contributed by atoms with E-state index >= 15 is 0 Å². The maximum atomic E-state index is 12.9. The fourth-order valence-electron chi connectivity index (χ4n) is 5.46. The van der Waals surface area contributed by atoms with Crippen molar-refractivity contribution in [3.8, 4) is 11.4 Å². The van der Waals surface area contributed by atoms with E-state index in [9.17, 15) is 14.4 Å². The summed E-state index contributed by atoms with van der Waals surface area (Å²) < 4.78 is 11.0. The van der Waals surface area contributed by atoms with Crippen molar-refractivity contribution in [2.45, 2.75) is 18.9 Å². The molecule has 4 N–H and O–H groups in total. The number of morpholine rings is 2. The zero-order valence-electron chi connectivity index (χ0n) is 24.3. The quantitative estimate of drug-likeness (QED) is 0.364. The van der Waals surface area contributed by atoms with Crippen molar-refractivity contribution < 1.29 is 23.9 Å². The number of amides is 4. The molecule has 230 valence electrons. The number of nitrogens with one attached hydrogen (secondary N) is 2. The number of hydrogen-bond acceptors (Lipinski definition) is 10. The molecule has 1 aromatic heterocycles. The van der Waals surface area contributed by atoms with Gasteiger partial charge in [0, 0.05) is 55.2 Å². The molecule has 6 rings (SSSR count). The average molecular weight is 602 g/mol. The Balaban J connectivity index is 1.11. The Hall–Kier alpha value is -4.82. The first-order chi connectivity index (χ1) is 21.4. The number of carbonyl (C=O) groups excluding carboxylic acids is 3. The summed E-state index contributed by atoms with van der Waals surface area (Å²) in [5.41, 5.74) is 7.76. The minimum atomic E-state index is -0.582. The number of benzene rings is 2. The second-order valence-corrected chi connectivity index (χ2v) is 10.8. The van der Waals surface area contributed by atoms with Crippen LogP contribution in [0.25, 0.3) is 11.4 Å². The zero-order chi connectivity index (χ0) is 30.5. The van der Waals surface area contributed by atoms with E-state index < -0.39 is 18.0 Å². The molecule has 14 heteroatoms. The molecule has 2 aromatic carbocycles. The summed E-state index contributed by atoms with van der Waals surface area (Å²) >= 11 is 0. The minimum absolute atomic E-state index is 0.255. The Morgan fingerprint density at radius 1 is 0.727 bits per heavy atom. The Morgan fingerprint density at radius 2 is 1.25 bits per heavy atom. The van der Waals surface area contributed by atoms with Gasteiger partial charge in [-0.25, -0.2) is 4.79 Å². The normalized spacial score (nSPS) is 18.6. The molecule has 1 atom stereocenters. The number of aromatic nitrogens is 3. The molecule has 3 saturated heterocycles. The van der Waals surface area contributed by atoms with E-state index in [0.717, 1.165) is 12.0 Å². The van der Waals surface area contributed by atoms with Crippen LogP contribution in [0.2, 0.25) is 0 Å². The van der Waals surface area contributed by atoms with Gasteiger partial charge in [0.1, 0.15) is 6.04 Å². The molecule has 14 nitrogen and oxygen atoms in total. The number of hydrogen-bond donors (Lipinski definition) is 3. The summed E-state index contributed by atoms with van der Waals surface area (Å²) in [7, 11) is 0. The third-order valence-corrected chi connectivity index (χ3v) is 7.83. The van der Waals surface area contributed by atoms with Gasteiger partial charge in [0.15, 0.2) is 5.82 Å². The third kappa shape index (κ3) is 6.71. The second-order valence-electron chi connectivity index (χ2n) is 10.8. The van der Waals surface area contributed by atoms with E-state index in [1.54, 1.807) is 36.4 Å². The van der Waals surface area contributed by atoms with E-state index in [1.807, 2.05) is 12.1 Å². The van der Waals surface area contributed by atoms with E-state index in [2.05, 4.69) is 20.4 Å². The maximum Gasteiger partial charge on any atom is 0.323 e. The summed E-state index contributed by atoms with van der Waals surface area (Å²) in [6.07, 6.45) is 1.31. The number of primary amides is 1. The highest BCUT2D eigenvalue weighted by atomic mass is 16.5. The van der Waals surface area contributed by atoms with Gasteiger partial charge in [0.2, 0.25) is 17.8 Å². The lowest BCUT2D eigenvalue weighted by atomic mass is 10.1. The highest BCUT2D eigenvalue weighted by molar-refractivity contribution is 6.01. The molecule has 0 radical (unpaired) electrons. The van der Waals surface area contributed by atoms with Crippen molar-refractivity contribution in [3.63, 3.8) is 0 Å². The lowest BCUT2D eigenvalue weighted by molar-refractivity contribution is -0.121. The first-order valence-corrected chi connectivity index (χ1v) is 14.7. The molecule has 3 aliphatic rings. The molecule has 3 fully saturated rings. The van der Waals surface area contributed by atoms with Crippen LogP contribution in [0, 0.1) is 0 Å². The molecule has 4 amide bonds. The zero-order valence-corrected chi connectivity index (χ0v) is 24.3. The van der Waals surface area contributed by atoms with Crippen molar-refractivity contribution in [1.29, 1.82) is 0 Å². The molecule has 0 saturated carbocycles. The smallest absolute Gasteiger partial charge is 0.323 e. The SMILES string of the molecule is NC(=O)[C@@H]1CCCN1C(=O)c1ccc(NC(=O)Nc2ccc(-c3nc(N4CCOCC4)nc(N4CCOCC4)n3)cc2)cc1. The average Bonchev–Trinajstić information content (AvgIpc) is 3.57. The van der Waals surface area contributed by atoms with Crippen LogP contribution in [0.15, 0.2) is 48.5 Å². The first kappa shape index (κ1) is 29.3.